The average Bonchev–Trinajstić information content (AvgIpc) is 2.48. The minimum absolute atomic E-state index is 0.361. The van der Waals surface area contributed by atoms with E-state index in [2.05, 4.69) is 0 Å². The Morgan fingerprint density at radius 2 is 0.870 bits per heavy atom. The van der Waals surface area contributed by atoms with Crippen LogP contribution in [0.15, 0.2) is 60.7 Å². The first kappa shape index (κ1) is 23.1. The van der Waals surface area contributed by atoms with Crippen molar-refractivity contribution in [1.82, 2.24) is 0 Å². The maximum atomic E-state index is 8.08. The fourth-order valence-electron chi connectivity index (χ4n) is 1.46. The van der Waals surface area contributed by atoms with Crippen LogP contribution in [-0.4, -0.2) is 49.6 Å². The van der Waals surface area contributed by atoms with Crippen LogP contribution in [0.2, 0.25) is 0 Å². The zero-order valence-corrected chi connectivity index (χ0v) is 19.7. The van der Waals surface area contributed by atoms with Gasteiger partial charge in [-0.05, 0) is 0 Å². The molecule has 0 heterocycles. The summed E-state index contributed by atoms with van der Waals surface area (Å²) in [7, 11) is 12.4. The van der Waals surface area contributed by atoms with Gasteiger partial charge in [-0.3, -0.25) is 8.42 Å². The van der Waals surface area contributed by atoms with E-state index < -0.39 is 16.1 Å². The number of hydrogen-bond donors (Lipinski definition) is 0. The van der Waals surface area contributed by atoms with Gasteiger partial charge in [0.25, 0.3) is 0 Å². The molecule has 0 atom stereocenters. The van der Waals surface area contributed by atoms with Crippen molar-refractivity contribution in [2.45, 2.75) is 0 Å². The molecule has 2 N–H and O–H groups in total. The van der Waals surface area contributed by atoms with Crippen LogP contribution < -0.4 is 7.16 Å². The van der Waals surface area contributed by atoms with Crippen molar-refractivity contribution in [2.24, 2.45) is 0 Å². The Labute approximate surface area is 155 Å². The van der Waals surface area contributed by atoms with E-state index >= 15 is 0 Å². The summed E-state index contributed by atoms with van der Waals surface area (Å²) in [5, 5.41) is 0. The predicted octanol–water partition coefficient (Wildman–Crippen LogP) is 3.02. The third-order valence-corrected chi connectivity index (χ3v) is 14.2. The van der Waals surface area contributed by atoms with Crippen molar-refractivity contribution in [3.63, 3.8) is 0 Å². The topological polar surface area (TPSA) is 42.8 Å². The molecule has 128 valence electrons. The summed E-state index contributed by atoms with van der Waals surface area (Å²) in [4.78, 5) is 0. The summed E-state index contributed by atoms with van der Waals surface area (Å²) in [5.74, 6) is 0. The van der Waals surface area contributed by atoms with Gasteiger partial charge in [0.2, 0.25) is 0 Å². The standard InChI is InChI=1S/2C6H5.2C2H6OS.2ClH.Sn/c2*1-2-4-6-5-3-1;2*1-4(2)3;;;/h2*1-5H;2*1-2H3;2*1H;/q;;;;;;+2. The first-order chi connectivity index (χ1) is 10.7. The Bertz CT molecular complexity index is 546. The molecule has 23 heavy (non-hydrogen) atoms. The summed E-state index contributed by atoms with van der Waals surface area (Å²) in [6, 6.07) is 19.9. The summed E-state index contributed by atoms with van der Waals surface area (Å²) in [5.41, 5.74) is 0. The van der Waals surface area contributed by atoms with E-state index in [0.717, 1.165) is 7.16 Å². The van der Waals surface area contributed by atoms with E-state index in [4.69, 9.17) is 26.3 Å². The second kappa shape index (κ2) is 12.5. The van der Waals surface area contributed by atoms with Crippen LogP contribution in [0.5, 0.6) is 0 Å². The van der Waals surface area contributed by atoms with Crippen molar-refractivity contribution in [3.8, 4) is 0 Å². The van der Waals surface area contributed by atoms with Crippen molar-refractivity contribution < 1.29 is 8.42 Å². The molecule has 0 spiro atoms. The number of rotatable bonds is 2. The fourth-order valence-corrected chi connectivity index (χ4v) is 9.28. The molecule has 0 aliphatic rings. The molecule has 2 rings (SSSR count). The molecule has 0 saturated heterocycles. The molecule has 0 bridgehead atoms. The summed E-state index contributed by atoms with van der Waals surface area (Å²) >= 11 is -3.30. The summed E-state index contributed by atoms with van der Waals surface area (Å²) < 4.78 is 18.4. The maximum absolute atomic E-state index is 8.08. The molecule has 0 radical (unpaired) electrons. The Hall–Kier alpha value is 0.119. The number of halogens is 2. The second-order valence-electron chi connectivity index (χ2n) is 4.85. The molecule has 0 unspecified atom stereocenters. The molecule has 0 aromatic heterocycles. The van der Waals surface area contributed by atoms with Crippen molar-refractivity contribution >= 4 is 62.7 Å². The van der Waals surface area contributed by atoms with Crippen LogP contribution in [0.1, 0.15) is 0 Å². The third kappa shape index (κ3) is 11.3. The van der Waals surface area contributed by atoms with Crippen molar-refractivity contribution in [3.05, 3.63) is 60.7 Å². The van der Waals surface area contributed by atoms with Crippen LogP contribution >= 0.6 is 17.8 Å². The van der Waals surface area contributed by atoms with Crippen molar-refractivity contribution in [2.75, 3.05) is 25.0 Å². The van der Waals surface area contributed by atoms with Gasteiger partial charge in [0.05, 0.1) is 25.0 Å². The van der Waals surface area contributed by atoms with Crippen LogP contribution in [0.3, 0.4) is 0 Å². The molecule has 2 aromatic carbocycles. The van der Waals surface area contributed by atoms with Gasteiger partial charge in [-0.15, -0.1) is 0 Å². The minimum atomic E-state index is -3.30. The summed E-state index contributed by atoms with van der Waals surface area (Å²) in [6.45, 7) is 0. The van der Waals surface area contributed by atoms with Gasteiger partial charge < -0.3 is 0 Å². The van der Waals surface area contributed by atoms with E-state index in [0.29, 0.717) is 0 Å². The van der Waals surface area contributed by atoms with Crippen LogP contribution in [0, 0.1) is 0 Å². The molecule has 0 fully saturated rings. The van der Waals surface area contributed by atoms with Gasteiger partial charge >= 0.3 is 102 Å². The normalized spacial score (nSPS) is 10.4. The molecule has 0 amide bonds. The van der Waals surface area contributed by atoms with Gasteiger partial charge in [-0.2, -0.15) is 0 Å². The van der Waals surface area contributed by atoms with Gasteiger partial charge in [0.1, 0.15) is 0 Å². The van der Waals surface area contributed by atoms with Crippen molar-refractivity contribution in [1.29, 1.82) is 0 Å². The first-order valence-electron chi connectivity index (χ1n) is 6.70. The third-order valence-electron chi connectivity index (χ3n) is 2.27. The molecule has 0 aliphatic carbocycles. The van der Waals surface area contributed by atoms with Gasteiger partial charge in [0.15, 0.2) is 21.6 Å². The fraction of sp³-hybridized carbons (Fsp3) is 0.250. The van der Waals surface area contributed by atoms with E-state index in [1.54, 1.807) is 25.0 Å². The number of benzene rings is 2. The quantitative estimate of drug-likeness (QED) is 0.448. The Morgan fingerprint density at radius 1 is 0.652 bits per heavy atom. The molecule has 0 aliphatic heterocycles. The van der Waals surface area contributed by atoms with Gasteiger partial charge in [-0.25, -0.2) is 0 Å². The van der Waals surface area contributed by atoms with E-state index in [1.807, 2.05) is 60.7 Å². The molecule has 2 nitrogen and oxygen atoms in total. The van der Waals surface area contributed by atoms with Gasteiger partial charge in [0, 0.05) is 0 Å². The zero-order chi connectivity index (χ0) is 17.9. The molecule has 0 saturated carbocycles. The Kier molecular flexibility index (Phi) is 12.5. The van der Waals surface area contributed by atoms with Gasteiger partial charge in [-0.1, -0.05) is 0 Å². The first-order valence-corrected chi connectivity index (χ1v) is 20.8. The molecular weight excluding hydrogens is 478 g/mol. The van der Waals surface area contributed by atoms with Crippen LogP contribution in [-0.2, 0) is 21.6 Å². The SMILES string of the molecule is CS(C)=[OH+].CS(C)=[OH+].[Cl][Sn]([Cl])([c]1ccccc1)[c]1ccccc1. The predicted molar refractivity (Wildman–Crippen MR) is 112 cm³/mol. The Balaban J connectivity index is 0.000000509. The molecular formula is C16H24Cl2O2S2Sn+2. The van der Waals surface area contributed by atoms with E-state index in [-0.39, 0.29) is 21.6 Å². The molecule has 2 aromatic rings. The zero-order valence-electron chi connectivity index (χ0n) is 13.7. The second-order valence-corrected chi connectivity index (χ2v) is 23.4. The van der Waals surface area contributed by atoms with Crippen LogP contribution in [0.4, 0.5) is 0 Å². The Morgan fingerprint density at radius 3 is 1.09 bits per heavy atom. The average molecular weight is 502 g/mol. The molecule has 7 heteroatoms. The number of hydrogen-bond acceptors (Lipinski definition) is 0. The van der Waals surface area contributed by atoms with Crippen LogP contribution in [0.25, 0.3) is 0 Å². The van der Waals surface area contributed by atoms with E-state index in [1.165, 1.54) is 0 Å². The monoisotopic (exact) mass is 502 g/mol. The van der Waals surface area contributed by atoms with E-state index in [9.17, 15) is 0 Å². The summed E-state index contributed by atoms with van der Waals surface area (Å²) in [6.07, 6.45) is 7.00.